The fourth-order valence-corrected chi connectivity index (χ4v) is 3.39. The molecule has 3 rings (SSSR count). The van der Waals surface area contributed by atoms with Gasteiger partial charge >= 0.3 is 6.18 Å². The van der Waals surface area contributed by atoms with Gasteiger partial charge in [0.15, 0.2) is 0 Å². The maximum atomic E-state index is 14.8. The Labute approximate surface area is 179 Å². The molecule has 0 saturated heterocycles. The maximum absolute atomic E-state index is 14.8. The van der Waals surface area contributed by atoms with Crippen molar-refractivity contribution < 1.29 is 22.0 Å². The van der Waals surface area contributed by atoms with Gasteiger partial charge in [-0.1, -0.05) is 68.3 Å². The van der Waals surface area contributed by atoms with E-state index >= 15 is 0 Å². The second-order valence-electron chi connectivity index (χ2n) is 7.46. The minimum Gasteiger partial charge on any atom is -0.206 e. The molecule has 0 amide bonds. The van der Waals surface area contributed by atoms with Crippen molar-refractivity contribution in [1.29, 1.82) is 0 Å². The number of unbranched alkanes of at least 4 members (excludes halogenated alkanes) is 2. The van der Waals surface area contributed by atoms with E-state index in [4.69, 9.17) is 0 Å². The summed E-state index contributed by atoms with van der Waals surface area (Å²) in [6.07, 6.45) is 0.609. The summed E-state index contributed by atoms with van der Waals surface area (Å²) in [5, 5.41) is 0. The van der Waals surface area contributed by atoms with Gasteiger partial charge in [-0.2, -0.15) is 13.2 Å². The molecule has 0 N–H and O–H groups in total. The van der Waals surface area contributed by atoms with E-state index in [-0.39, 0.29) is 22.8 Å². The Hall–Kier alpha value is -2.95. The normalized spacial score (nSPS) is 11.9. The van der Waals surface area contributed by atoms with E-state index in [9.17, 15) is 22.0 Å². The van der Waals surface area contributed by atoms with Crippen molar-refractivity contribution in [2.75, 3.05) is 0 Å². The number of benzene rings is 3. The topological polar surface area (TPSA) is 0 Å². The molecular formula is C26H23F5. The second-order valence-corrected chi connectivity index (χ2v) is 7.46. The average molecular weight is 430 g/mol. The van der Waals surface area contributed by atoms with Crippen LogP contribution in [0.2, 0.25) is 0 Å². The Balaban J connectivity index is 1.79. The van der Waals surface area contributed by atoms with Crippen LogP contribution in [0.3, 0.4) is 0 Å². The van der Waals surface area contributed by atoms with Gasteiger partial charge in [0.05, 0.1) is 0 Å². The Kier molecular flexibility index (Phi) is 7.26. The SMILES string of the molecule is CCCCCc1ccc(-c2ccc(-c3ccc(C=CC(F)(F)F)c(F)c3)c(F)c2)cc1. The Morgan fingerprint density at radius 1 is 0.742 bits per heavy atom. The van der Waals surface area contributed by atoms with Crippen molar-refractivity contribution in [2.24, 2.45) is 0 Å². The Bertz CT molecular complexity index is 1050. The zero-order chi connectivity index (χ0) is 22.4. The van der Waals surface area contributed by atoms with E-state index in [1.165, 1.54) is 36.6 Å². The lowest BCUT2D eigenvalue weighted by Gasteiger charge is -2.09. The van der Waals surface area contributed by atoms with Gasteiger partial charge in [0.25, 0.3) is 0 Å². The molecule has 31 heavy (non-hydrogen) atoms. The number of rotatable bonds is 7. The molecule has 0 fully saturated rings. The van der Waals surface area contributed by atoms with Gasteiger partial charge in [0.2, 0.25) is 0 Å². The van der Waals surface area contributed by atoms with Gasteiger partial charge in [-0.25, -0.2) is 8.78 Å². The number of aryl methyl sites for hydroxylation is 1. The average Bonchev–Trinajstić information content (AvgIpc) is 2.73. The van der Waals surface area contributed by atoms with Gasteiger partial charge in [0, 0.05) is 17.2 Å². The zero-order valence-electron chi connectivity index (χ0n) is 17.1. The standard InChI is InChI=1S/C26H23F5/c1-2-3-4-5-18-6-8-19(9-7-18)21-12-13-23(25(28)16-21)22-11-10-20(24(27)17-22)14-15-26(29,30)31/h6-17H,2-5H2,1H3. The molecule has 3 aromatic carbocycles. The molecule has 0 heterocycles. The van der Waals surface area contributed by atoms with Crippen molar-refractivity contribution in [3.8, 4) is 22.3 Å². The van der Waals surface area contributed by atoms with E-state index < -0.39 is 17.8 Å². The van der Waals surface area contributed by atoms with E-state index in [2.05, 4.69) is 6.92 Å². The van der Waals surface area contributed by atoms with Crippen LogP contribution < -0.4 is 0 Å². The minimum atomic E-state index is -4.53. The van der Waals surface area contributed by atoms with Crippen LogP contribution in [0.1, 0.15) is 37.3 Å². The van der Waals surface area contributed by atoms with E-state index in [1.54, 1.807) is 12.1 Å². The zero-order valence-corrected chi connectivity index (χ0v) is 17.1. The summed E-state index contributed by atoms with van der Waals surface area (Å²) in [6, 6.07) is 16.3. The van der Waals surface area contributed by atoms with E-state index in [0.717, 1.165) is 24.5 Å². The quantitative estimate of drug-likeness (QED) is 0.260. The molecule has 0 unspecified atom stereocenters. The molecule has 0 aliphatic rings. The summed E-state index contributed by atoms with van der Waals surface area (Å²) >= 11 is 0. The molecule has 0 aliphatic heterocycles. The van der Waals surface area contributed by atoms with Gasteiger partial charge in [-0.05, 0) is 53.3 Å². The van der Waals surface area contributed by atoms with Crippen molar-refractivity contribution >= 4 is 6.08 Å². The monoisotopic (exact) mass is 430 g/mol. The Morgan fingerprint density at radius 2 is 1.39 bits per heavy atom. The lowest BCUT2D eigenvalue weighted by molar-refractivity contribution is -0.0790. The summed E-state index contributed by atoms with van der Waals surface area (Å²) in [7, 11) is 0. The summed E-state index contributed by atoms with van der Waals surface area (Å²) in [6.45, 7) is 2.16. The number of halogens is 5. The first-order valence-electron chi connectivity index (χ1n) is 10.2. The third-order valence-corrected chi connectivity index (χ3v) is 5.09. The summed E-state index contributed by atoms with van der Waals surface area (Å²) in [4.78, 5) is 0. The minimum absolute atomic E-state index is 0.0322. The Morgan fingerprint density at radius 3 is 2.00 bits per heavy atom. The van der Waals surface area contributed by atoms with Crippen LogP contribution in [0.15, 0.2) is 66.7 Å². The van der Waals surface area contributed by atoms with Crippen molar-refractivity contribution in [3.05, 3.63) is 89.5 Å². The molecule has 0 spiro atoms. The van der Waals surface area contributed by atoms with Crippen molar-refractivity contribution in [3.63, 3.8) is 0 Å². The third kappa shape index (κ3) is 6.27. The van der Waals surface area contributed by atoms with E-state index in [1.807, 2.05) is 24.3 Å². The smallest absolute Gasteiger partial charge is 0.206 e. The highest BCUT2D eigenvalue weighted by Crippen LogP contribution is 2.30. The highest BCUT2D eigenvalue weighted by Gasteiger charge is 2.22. The molecule has 0 atom stereocenters. The summed E-state index contributed by atoms with van der Waals surface area (Å²) < 4.78 is 65.8. The lowest BCUT2D eigenvalue weighted by Crippen LogP contribution is -2.00. The van der Waals surface area contributed by atoms with Crippen LogP contribution in [0, 0.1) is 11.6 Å². The summed E-state index contributed by atoms with van der Waals surface area (Å²) in [5.74, 6) is -1.37. The molecule has 0 aromatic heterocycles. The van der Waals surface area contributed by atoms with Crippen molar-refractivity contribution in [1.82, 2.24) is 0 Å². The van der Waals surface area contributed by atoms with Crippen LogP contribution >= 0.6 is 0 Å². The molecule has 0 radical (unpaired) electrons. The predicted molar refractivity (Wildman–Crippen MR) is 116 cm³/mol. The summed E-state index contributed by atoms with van der Waals surface area (Å²) in [5.41, 5.74) is 3.05. The molecule has 162 valence electrons. The molecule has 0 bridgehead atoms. The first-order valence-corrected chi connectivity index (χ1v) is 10.2. The second kappa shape index (κ2) is 9.90. The third-order valence-electron chi connectivity index (χ3n) is 5.09. The highest BCUT2D eigenvalue weighted by atomic mass is 19.4. The fraction of sp³-hybridized carbons (Fsp3) is 0.231. The van der Waals surface area contributed by atoms with Gasteiger partial charge < -0.3 is 0 Å². The van der Waals surface area contributed by atoms with Crippen LogP contribution in [0.4, 0.5) is 22.0 Å². The van der Waals surface area contributed by atoms with E-state index in [0.29, 0.717) is 11.6 Å². The largest absolute Gasteiger partial charge is 0.409 e. The van der Waals surface area contributed by atoms with Gasteiger partial charge in [-0.3, -0.25) is 0 Å². The molecule has 0 saturated carbocycles. The molecular weight excluding hydrogens is 407 g/mol. The van der Waals surface area contributed by atoms with Crippen LogP contribution in [0.5, 0.6) is 0 Å². The maximum Gasteiger partial charge on any atom is 0.409 e. The van der Waals surface area contributed by atoms with Crippen molar-refractivity contribution in [2.45, 2.75) is 38.8 Å². The van der Waals surface area contributed by atoms with Crippen LogP contribution in [-0.2, 0) is 6.42 Å². The van der Waals surface area contributed by atoms with Gasteiger partial charge in [0.1, 0.15) is 11.6 Å². The predicted octanol–water partition coefficient (Wildman–Crippen LogP) is 8.61. The molecule has 3 aromatic rings. The van der Waals surface area contributed by atoms with Crippen LogP contribution in [0.25, 0.3) is 28.3 Å². The fourth-order valence-electron chi connectivity index (χ4n) is 3.39. The number of alkyl halides is 3. The molecule has 5 heteroatoms. The van der Waals surface area contributed by atoms with Gasteiger partial charge in [-0.15, -0.1) is 0 Å². The number of hydrogen-bond acceptors (Lipinski definition) is 0. The van der Waals surface area contributed by atoms with Crippen LogP contribution in [-0.4, -0.2) is 6.18 Å². The number of hydrogen-bond donors (Lipinski definition) is 0. The lowest BCUT2D eigenvalue weighted by atomic mass is 9.97. The molecule has 0 nitrogen and oxygen atoms in total. The highest BCUT2D eigenvalue weighted by molar-refractivity contribution is 5.72. The first kappa shape index (κ1) is 22.7. The molecule has 0 aliphatic carbocycles. The first-order chi connectivity index (χ1) is 14.8. The number of allylic oxidation sites excluding steroid dienone is 1.